The molecule has 17 heavy (non-hydrogen) atoms. The van der Waals surface area contributed by atoms with Crippen molar-refractivity contribution in [3.8, 4) is 11.3 Å². The monoisotopic (exact) mass is 228 g/mol. The Bertz CT molecular complexity index is 540. The first-order chi connectivity index (χ1) is 8.27. The first-order valence-electron chi connectivity index (χ1n) is 6.04. The number of hydrogen-bond donors (Lipinski definition) is 1. The molecular weight excluding hydrogens is 212 g/mol. The highest BCUT2D eigenvalue weighted by molar-refractivity contribution is 5.72. The Morgan fingerprint density at radius 2 is 2.06 bits per heavy atom. The number of rotatable bonds is 2. The summed E-state index contributed by atoms with van der Waals surface area (Å²) in [5, 5.41) is 8.43. The largest absolute Gasteiger partial charge is 0.382 e. The molecule has 0 radical (unpaired) electrons. The van der Waals surface area contributed by atoms with Gasteiger partial charge in [0.25, 0.3) is 0 Å². The van der Waals surface area contributed by atoms with Gasteiger partial charge in [-0.2, -0.15) is 0 Å². The molecule has 0 saturated heterocycles. The van der Waals surface area contributed by atoms with Crippen LogP contribution in [-0.2, 0) is 0 Å². The molecule has 0 aliphatic heterocycles. The molecule has 88 valence electrons. The number of anilines is 1. The highest BCUT2D eigenvalue weighted by Gasteiger charge is 2.24. The zero-order chi connectivity index (χ0) is 11.8. The van der Waals surface area contributed by atoms with E-state index in [-0.39, 0.29) is 0 Å². The minimum absolute atomic E-state index is 0.459. The van der Waals surface area contributed by atoms with Gasteiger partial charge < -0.3 is 5.73 Å². The molecule has 0 amide bonds. The molecule has 2 aromatic rings. The highest BCUT2D eigenvalue weighted by Crippen LogP contribution is 2.35. The van der Waals surface area contributed by atoms with Crippen molar-refractivity contribution in [2.24, 2.45) is 0 Å². The second kappa shape index (κ2) is 3.87. The van der Waals surface area contributed by atoms with Crippen LogP contribution in [-0.4, -0.2) is 15.0 Å². The summed E-state index contributed by atoms with van der Waals surface area (Å²) in [7, 11) is 0. The summed E-state index contributed by atoms with van der Waals surface area (Å²) in [5.74, 6) is 0.698. The fourth-order valence-corrected chi connectivity index (χ4v) is 2.23. The molecule has 1 saturated carbocycles. The number of aromatic nitrogens is 3. The number of nitrogens with zero attached hydrogens (tertiary/aromatic N) is 3. The predicted molar refractivity (Wildman–Crippen MR) is 67.5 cm³/mol. The van der Waals surface area contributed by atoms with Gasteiger partial charge in [0.15, 0.2) is 5.82 Å². The number of nitrogens with two attached hydrogens (primary N) is 1. The Morgan fingerprint density at radius 1 is 1.29 bits per heavy atom. The second-order valence-corrected chi connectivity index (χ2v) is 4.67. The van der Waals surface area contributed by atoms with Crippen molar-refractivity contribution >= 4 is 5.82 Å². The fraction of sp³-hybridized carbons (Fsp3) is 0.385. The van der Waals surface area contributed by atoms with Crippen LogP contribution in [0.3, 0.4) is 0 Å². The quantitative estimate of drug-likeness (QED) is 0.859. The van der Waals surface area contributed by atoms with E-state index >= 15 is 0 Å². The number of aryl methyl sites for hydroxylation is 1. The fourth-order valence-electron chi connectivity index (χ4n) is 2.23. The van der Waals surface area contributed by atoms with Gasteiger partial charge in [0.2, 0.25) is 0 Å². The van der Waals surface area contributed by atoms with E-state index in [2.05, 4.69) is 23.3 Å². The van der Waals surface area contributed by atoms with E-state index in [1.165, 1.54) is 24.8 Å². The Kier molecular flexibility index (Phi) is 2.35. The second-order valence-electron chi connectivity index (χ2n) is 4.67. The third-order valence-electron chi connectivity index (χ3n) is 3.55. The molecule has 0 spiro atoms. The Hall–Kier alpha value is -1.84. The summed E-state index contributed by atoms with van der Waals surface area (Å²) in [6.45, 7) is 2.07. The summed E-state index contributed by atoms with van der Waals surface area (Å²) in [4.78, 5) is 0. The molecule has 1 fully saturated rings. The molecular formula is C13H16N4. The molecule has 4 heteroatoms. The lowest BCUT2D eigenvalue weighted by atomic mass is 9.93. The summed E-state index contributed by atoms with van der Waals surface area (Å²) in [6.07, 6.45) is 3.60. The first kappa shape index (κ1) is 10.3. The third kappa shape index (κ3) is 1.60. The lowest BCUT2D eigenvalue weighted by molar-refractivity contribution is 0.288. The van der Waals surface area contributed by atoms with Crippen LogP contribution >= 0.6 is 0 Å². The van der Waals surface area contributed by atoms with Gasteiger partial charge in [-0.1, -0.05) is 29.5 Å². The molecule has 0 atom stereocenters. The Labute approximate surface area is 100 Å². The van der Waals surface area contributed by atoms with E-state index in [4.69, 9.17) is 5.73 Å². The van der Waals surface area contributed by atoms with Crippen LogP contribution in [0.4, 0.5) is 5.82 Å². The van der Waals surface area contributed by atoms with Crippen LogP contribution in [0.15, 0.2) is 24.3 Å². The zero-order valence-corrected chi connectivity index (χ0v) is 9.93. The van der Waals surface area contributed by atoms with Gasteiger partial charge in [-0.15, -0.1) is 5.10 Å². The van der Waals surface area contributed by atoms with Gasteiger partial charge in [-0.25, -0.2) is 4.68 Å². The molecule has 0 unspecified atom stereocenters. The molecule has 1 heterocycles. The standard InChI is InChI=1S/C13H16N4/c1-9-5-2-3-8-11(9)12-13(14)17(16-15-12)10-6-4-7-10/h2-3,5,8,10H,4,6-7,14H2,1H3. The Balaban J connectivity index is 2.04. The third-order valence-corrected chi connectivity index (χ3v) is 3.55. The van der Waals surface area contributed by atoms with E-state index in [1.807, 2.05) is 22.9 Å². The molecule has 1 aromatic heterocycles. The average molecular weight is 228 g/mol. The van der Waals surface area contributed by atoms with Gasteiger partial charge in [0.1, 0.15) is 5.69 Å². The van der Waals surface area contributed by atoms with E-state index in [0.29, 0.717) is 11.9 Å². The summed E-state index contributed by atoms with van der Waals surface area (Å²) in [6, 6.07) is 8.59. The molecule has 1 aliphatic rings. The maximum absolute atomic E-state index is 6.15. The van der Waals surface area contributed by atoms with Crippen molar-refractivity contribution in [1.29, 1.82) is 0 Å². The van der Waals surface area contributed by atoms with Crippen LogP contribution < -0.4 is 5.73 Å². The molecule has 1 aromatic carbocycles. The van der Waals surface area contributed by atoms with E-state index in [1.54, 1.807) is 0 Å². The van der Waals surface area contributed by atoms with Crippen molar-refractivity contribution in [3.05, 3.63) is 29.8 Å². The summed E-state index contributed by atoms with van der Waals surface area (Å²) in [5.41, 5.74) is 9.23. The predicted octanol–water partition coefficient (Wildman–Crippen LogP) is 2.56. The van der Waals surface area contributed by atoms with Gasteiger partial charge in [-0.05, 0) is 31.7 Å². The topological polar surface area (TPSA) is 56.7 Å². The lowest BCUT2D eigenvalue weighted by Crippen LogP contribution is -2.19. The maximum Gasteiger partial charge on any atom is 0.150 e. The highest BCUT2D eigenvalue weighted by atomic mass is 15.5. The van der Waals surface area contributed by atoms with Crippen LogP contribution in [0.2, 0.25) is 0 Å². The van der Waals surface area contributed by atoms with Gasteiger partial charge in [-0.3, -0.25) is 0 Å². The number of benzene rings is 1. The van der Waals surface area contributed by atoms with Crippen molar-refractivity contribution in [1.82, 2.24) is 15.0 Å². The number of nitrogen functional groups attached to an aromatic ring is 1. The van der Waals surface area contributed by atoms with Crippen LogP contribution in [0, 0.1) is 6.92 Å². The van der Waals surface area contributed by atoms with Crippen molar-refractivity contribution in [2.75, 3.05) is 5.73 Å². The van der Waals surface area contributed by atoms with Crippen molar-refractivity contribution in [2.45, 2.75) is 32.2 Å². The average Bonchev–Trinajstić information content (AvgIpc) is 2.60. The smallest absolute Gasteiger partial charge is 0.150 e. The van der Waals surface area contributed by atoms with Crippen LogP contribution in [0.5, 0.6) is 0 Å². The van der Waals surface area contributed by atoms with Crippen LogP contribution in [0.1, 0.15) is 30.9 Å². The van der Waals surface area contributed by atoms with Crippen LogP contribution in [0.25, 0.3) is 11.3 Å². The molecule has 3 rings (SSSR count). The van der Waals surface area contributed by atoms with Crippen molar-refractivity contribution < 1.29 is 0 Å². The van der Waals surface area contributed by atoms with Gasteiger partial charge in [0.05, 0.1) is 6.04 Å². The summed E-state index contributed by atoms with van der Waals surface area (Å²) >= 11 is 0. The molecule has 2 N–H and O–H groups in total. The molecule has 0 bridgehead atoms. The first-order valence-corrected chi connectivity index (χ1v) is 6.04. The zero-order valence-electron chi connectivity index (χ0n) is 9.93. The SMILES string of the molecule is Cc1ccccc1-c1nnn(C2CCC2)c1N. The van der Waals surface area contributed by atoms with E-state index < -0.39 is 0 Å². The minimum atomic E-state index is 0.459. The number of hydrogen-bond acceptors (Lipinski definition) is 3. The normalized spacial score (nSPS) is 15.8. The summed E-state index contributed by atoms with van der Waals surface area (Å²) < 4.78 is 1.88. The Morgan fingerprint density at radius 3 is 2.71 bits per heavy atom. The molecule has 4 nitrogen and oxygen atoms in total. The lowest BCUT2D eigenvalue weighted by Gasteiger charge is -2.25. The minimum Gasteiger partial charge on any atom is -0.382 e. The maximum atomic E-state index is 6.15. The van der Waals surface area contributed by atoms with Gasteiger partial charge >= 0.3 is 0 Å². The van der Waals surface area contributed by atoms with Gasteiger partial charge in [0, 0.05) is 5.56 Å². The van der Waals surface area contributed by atoms with Crippen molar-refractivity contribution in [3.63, 3.8) is 0 Å². The van der Waals surface area contributed by atoms with E-state index in [9.17, 15) is 0 Å². The molecule has 1 aliphatic carbocycles. The van der Waals surface area contributed by atoms with E-state index in [0.717, 1.165) is 11.3 Å².